The van der Waals surface area contributed by atoms with Crippen molar-refractivity contribution in [1.29, 1.82) is 0 Å². The molecule has 6 nitrogen and oxygen atoms in total. The Balaban J connectivity index is 1.97. The molecule has 0 saturated heterocycles. The average Bonchev–Trinajstić information content (AvgIpc) is 2.96. The van der Waals surface area contributed by atoms with E-state index >= 15 is 0 Å². The van der Waals surface area contributed by atoms with Crippen molar-refractivity contribution in [2.24, 2.45) is 0 Å². The molecule has 0 amide bonds. The molecule has 0 aliphatic carbocycles. The van der Waals surface area contributed by atoms with Crippen LogP contribution in [0, 0.1) is 6.92 Å². The van der Waals surface area contributed by atoms with Crippen LogP contribution in [0.4, 0.5) is 0 Å². The van der Waals surface area contributed by atoms with Crippen molar-refractivity contribution in [3.05, 3.63) is 59.3 Å². The minimum Gasteiger partial charge on any atom is -0.496 e. The molecule has 0 saturated carbocycles. The van der Waals surface area contributed by atoms with Gasteiger partial charge < -0.3 is 19.2 Å². The zero-order valence-corrected chi connectivity index (χ0v) is 14.1. The number of aryl methyl sites for hydroxylation is 1. The number of para-hydroxylation sites is 1. The highest BCUT2D eigenvalue weighted by molar-refractivity contribution is 6.06. The summed E-state index contributed by atoms with van der Waals surface area (Å²) in [5.74, 6) is -0.227. The topological polar surface area (TPSA) is 77.6 Å². The highest BCUT2D eigenvalue weighted by atomic mass is 16.5. The molecule has 6 heteroatoms. The zero-order chi connectivity index (χ0) is 18.0. The summed E-state index contributed by atoms with van der Waals surface area (Å²) < 4.78 is 15.4. The third-order valence-electron chi connectivity index (χ3n) is 3.88. The smallest absolute Gasteiger partial charge is 0.347 e. The van der Waals surface area contributed by atoms with Gasteiger partial charge in [0.2, 0.25) is 0 Å². The molecule has 0 spiro atoms. The Kier molecular flexibility index (Phi) is 4.43. The molecule has 3 aromatic rings. The quantitative estimate of drug-likeness (QED) is 0.581. The van der Waals surface area contributed by atoms with E-state index in [1.807, 2.05) is 0 Å². The van der Waals surface area contributed by atoms with Gasteiger partial charge in [-0.2, -0.15) is 0 Å². The number of hydrogen-bond acceptors (Lipinski definition) is 5. The van der Waals surface area contributed by atoms with E-state index in [2.05, 4.69) is 4.98 Å². The molecule has 0 fully saturated rings. The maximum Gasteiger partial charge on any atom is 0.347 e. The number of H-pyrrole nitrogens is 1. The fraction of sp³-hybridized carbons (Fsp3) is 0.158. The summed E-state index contributed by atoms with van der Waals surface area (Å²) in [4.78, 5) is 27.5. The molecule has 1 aromatic heterocycles. The molecule has 1 N–H and O–H groups in total. The molecule has 0 atom stereocenters. The van der Waals surface area contributed by atoms with Gasteiger partial charge >= 0.3 is 11.9 Å². The Morgan fingerprint density at radius 1 is 1.00 bits per heavy atom. The van der Waals surface area contributed by atoms with Gasteiger partial charge in [-0.05, 0) is 37.3 Å². The van der Waals surface area contributed by atoms with Crippen LogP contribution < -0.4 is 9.47 Å². The number of fused-ring (bicyclic) bond motifs is 1. The number of esters is 2. The summed E-state index contributed by atoms with van der Waals surface area (Å²) in [6.07, 6.45) is 0. The first-order chi connectivity index (χ1) is 12.0. The Morgan fingerprint density at radius 2 is 1.76 bits per heavy atom. The largest absolute Gasteiger partial charge is 0.496 e. The van der Waals surface area contributed by atoms with E-state index in [-0.39, 0.29) is 0 Å². The maximum atomic E-state index is 12.4. The molecule has 1 heterocycles. The summed E-state index contributed by atoms with van der Waals surface area (Å²) >= 11 is 0. The minimum atomic E-state index is -0.538. The summed E-state index contributed by atoms with van der Waals surface area (Å²) in [6.45, 7) is 1.78. The first kappa shape index (κ1) is 16.6. The minimum absolute atomic E-state index is 0.323. The lowest BCUT2D eigenvalue weighted by Crippen LogP contribution is -2.10. The van der Waals surface area contributed by atoms with Crippen molar-refractivity contribution in [2.45, 2.75) is 6.92 Å². The Morgan fingerprint density at radius 3 is 2.48 bits per heavy atom. The van der Waals surface area contributed by atoms with Crippen molar-refractivity contribution in [1.82, 2.24) is 4.98 Å². The molecule has 128 valence electrons. The number of benzene rings is 2. The predicted molar refractivity (Wildman–Crippen MR) is 92.3 cm³/mol. The molecule has 2 aromatic carbocycles. The van der Waals surface area contributed by atoms with Crippen molar-refractivity contribution in [2.75, 3.05) is 14.2 Å². The average molecular weight is 339 g/mol. The molecular formula is C19H17NO5. The SMILES string of the molecule is COC(=O)c1c(C)[nH]c2ccc(OC(=O)c3ccccc3OC)cc12. The van der Waals surface area contributed by atoms with E-state index in [0.29, 0.717) is 33.7 Å². The van der Waals surface area contributed by atoms with Gasteiger partial charge in [0.1, 0.15) is 17.1 Å². The third-order valence-corrected chi connectivity index (χ3v) is 3.88. The first-order valence-corrected chi connectivity index (χ1v) is 7.61. The monoisotopic (exact) mass is 339 g/mol. The van der Waals surface area contributed by atoms with Crippen LogP contribution in [0.1, 0.15) is 26.4 Å². The Bertz CT molecular complexity index is 958. The van der Waals surface area contributed by atoms with Crippen LogP contribution in [-0.2, 0) is 4.74 Å². The van der Waals surface area contributed by atoms with E-state index in [0.717, 1.165) is 5.52 Å². The van der Waals surface area contributed by atoms with Gasteiger partial charge in [-0.1, -0.05) is 12.1 Å². The fourth-order valence-corrected chi connectivity index (χ4v) is 2.71. The number of nitrogens with one attached hydrogen (secondary N) is 1. The second-order valence-electron chi connectivity index (χ2n) is 5.41. The zero-order valence-electron chi connectivity index (χ0n) is 14.1. The number of carbonyl (C=O) groups is 2. The number of aromatic amines is 1. The molecule has 0 unspecified atom stereocenters. The molecule has 0 aliphatic heterocycles. The van der Waals surface area contributed by atoms with Crippen LogP contribution in [-0.4, -0.2) is 31.1 Å². The fourth-order valence-electron chi connectivity index (χ4n) is 2.71. The van der Waals surface area contributed by atoms with Gasteiger partial charge in [0, 0.05) is 16.6 Å². The highest BCUT2D eigenvalue weighted by Gasteiger charge is 2.19. The van der Waals surface area contributed by atoms with Gasteiger partial charge in [-0.25, -0.2) is 9.59 Å². The molecule has 0 aliphatic rings. The standard InChI is InChI=1S/C19H17NO5/c1-11-17(19(22)24-3)14-10-12(8-9-15(14)20-11)25-18(21)13-6-4-5-7-16(13)23-2/h4-10,20H,1-3H3. The number of rotatable bonds is 4. The van der Waals surface area contributed by atoms with Gasteiger partial charge in [0.15, 0.2) is 0 Å². The second-order valence-corrected chi connectivity index (χ2v) is 5.41. The first-order valence-electron chi connectivity index (χ1n) is 7.61. The summed E-state index contributed by atoms with van der Waals surface area (Å²) in [7, 11) is 2.82. The number of hydrogen-bond donors (Lipinski definition) is 1. The summed E-state index contributed by atoms with van der Waals surface area (Å²) in [5, 5.41) is 0.634. The van der Waals surface area contributed by atoms with Crippen LogP contribution in [0.5, 0.6) is 11.5 Å². The van der Waals surface area contributed by atoms with Gasteiger partial charge in [0.05, 0.1) is 19.8 Å². The van der Waals surface area contributed by atoms with E-state index in [1.165, 1.54) is 14.2 Å². The van der Waals surface area contributed by atoms with E-state index in [9.17, 15) is 9.59 Å². The number of methoxy groups -OCH3 is 2. The molecular weight excluding hydrogens is 322 g/mol. The number of ether oxygens (including phenoxy) is 3. The normalized spacial score (nSPS) is 10.5. The summed E-state index contributed by atoms with van der Waals surface area (Å²) in [5.41, 5.74) is 2.20. The van der Waals surface area contributed by atoms with Crippen LogP contribution in [0.15, 0.2) is 42.5 Å². The molecule has 0 radical (unpaired) electrons. The van der Waals surface area contributed by atoms with Crippen molar-refractivity contribution in [3.8, 4) is 11.5 Å². The van der Waals surface area contributed by atoms with E-state index < -0.39 is 11.9 Å². The van der Waals surface area contributed by atoms with Crippen molar-refractivity contribution < 1.29 is 23.8 Å². The van der Waals surface area contributed by atoms with Crippen molar-refractivity contribution >= 4 is 22.8 Å². The lowest BCUT2D eigenvalue weighted by molar-refractivity contribution is 0.0602. The van der Waals surface area contributed by atoms with Crippen LogP contribution in [0.25, 0.3) is 10.9 Å². The summed E-state index contributed by atoms with van der Waals surface area (Å²) in [6, 6.07) is 11.9. The number of carbonyl (C=O) groups excluding carboxylic acids is 2. The van der Waals surface area contributed by atoms with Crippen LogP contribution in [0.3, 0.4) is 0 Å². The van der Waals surface area contributed by atoms with Crippen LogP contribution in [0.2, 0.25) is 0 Å². The molecule has 3 rings (SSSR count). The molecule has 0 bridgehead atoms. The van der Waals surface area contributed by atoms with Gasteiger partial charge in [-0.15, -0.1) is 0 Å². The second kappa shape index (κ2) is 6.68. The molecule has 25 heavy (non-hydrogen) atoms. The predicted octanol–water partition coefficient (Wildman–Crippen LogP) is 3.49. The lowest BCUT2D eigenvalue weighted by atomic mass is 10.1. The van der Waals surface area contributed by atoms with E-state index in [4.69, 9.17) is 14.2 Å². The van der Waals surface area contributed by atoms with E-state index in [1.54, 1.807) is 49.4 Å². The van der Waals surface area contributed by atoms with Gasteiger partial charge in [-0.3, -0.25) is 0 Å². The highest BCUT2D eigenvalue weighted by Crippen LogP contribution is 2.28. The van der Waals surface area contributed by atoms with Crippen LogP contribution >= 0.6 is 0 Å². The maximum absolute atomic E-state index is 12.4. The third kappa shape index (κ3) is 3.06. The number of aromatic nitrogens is 1. The lowest BCUT2D eigenvalue weighted by Gasteiger charge is -2.08. The Labute approximate surface area is 144 Å². The Hall–Kier alpha value is -3.28. The van der Waals surface area contributed by atoms with Crippen molar-refractivity contribution in [3.63, 3.8) is 0 Å². The van der Waals surface area contributed by atoms with Gasteiger partial charge in [0.25, 0.3) is 0 Å².